The fourth-order valence-electron chi connectivity index (χ4n) is 2.32. The molecule has 0 unspecified atom stereocenters. The number of ether oxygens (including phenoxy) is 1. The lowest BCUT2D eigenvalue weighted by Crippen LogP contribution is -2.55. The minimum atomic E-state index is -3.44. The monoisotopic (exact) mass is 355 g/mol. The molecule has 0 aromatic carbocycles. The predicted molar refractivity (Wildman–Crippen MR) is 86.6 cm³/mol. The third-order valence-electron chi connectivity index (χ3n) is 3.56. The Morgan fingerprint density at radius 1 is 1.35 bits per heavy atom. The zero-order valence-corrected chi connectivity index (χ0v) is 14.4. The Kier molecular flexibility index (Phi) is 4.31. The van der Waals surface area contributed by atoms with E-state index in [1.807, 2.05) is 13.0 Å². The lowest BCUT2D eigenvalue weighted by atomic mass is 10.2. The fraction of sp³-hybridized carbons (Fsp3) is 0.400. The van der Waals surface area contributed by atoms with Gasteiger partial charge in [0, 0.05) is 10.9 Å². The number of hydrogen-bond donors (Lipinski definition) is 0. The van der Waals surface area contributed by atoms with Gasteiger partial charge in [0.15, 0.2) is 0 Å². The normalized spacial score (nSPS) is 16.3. The van der Waals surface area contributed by atoms with Crippen LogP contribution >= 0.6 is 11.3 Å². The van der Waals surface area contributed by atoms with E-state index in [1.54, 1.807) is 19.1 Å². The van der Waals surface area contributed by atoms with Crippen LogP contribution in [0.5, 0.6) is 5.75 Å². The number of aryl methyl sites for hydroxylation is 2. The lowest BCUT2D eigenvalue weighted by molar-refractivity contribution is 0.0755. The number of rotatable bonds is 5. The molecule has 1 aliphatic heterocycles. The van der Waals surface area contributed by atoms with Gasteiger partial charge in [-0.25, -0.2) is 13.2 Å². The number of hydrogen-bond acceptors (Lipinski definition) is 6. The van der Waals surface area contributed by atoms with Gasteiger partial charge in [-0.3, -0.25) is 0 Å². The first kappa shape index (κ1) is 16.2. The molecule has 0 amide bonds. The topological polar surface area (TPSA) is 76.8 Å². The Morgan fingerprint density at radius 2 is 2.09 bits per heavy atom. The maximum Gasteiger partial charge on any atom is 0.339 e. The average Bonchev–Trinajstić information content (AvgIpc) is 2.90. The summed E-state index contributed by atoms with van der Waals surface area (Å²) in [6.45, 7) is 4.21. The molecule has 124 valence electrons. The SMILES string of the molecule is CCc1ccc(S(=O)(=O)N2CC(Oc3cc(C)oc(=O)c3)C2)s1. The average molecular weight is 355 g/mol. The van der Waals surface area contributed by atoms with Crippen LogP contribution in [0.15, 0.2) is 37.7 Å². The third-order valence-corrected chi connectivity index (χ3v) is 7.09. The molecule has 0 bridgehead atoms. The van der Waals surface area contributed by atoms with Gasteiger partial charge >= 0.3 is 5.63 Å². The van der Waals surface area contributed by atoms with E-state index in [0.717, 1.165) is 11.3 Å². The molecule has 0 aliphatic carbocycles. The first-order valence-corrected chi connectivity index (χ1v) is 9.51. The molecule has 0 radical (unpaired) electrons. The Balaban J connectivity index is 1.65. The highest BCUT2D eigenvalue weighted by molar-refractivity contribution is 7.91. The standard InChI is InChI=1S/C15H17NO5S2/c1-3-13-4-5-15(22-13)23(18,19)16-8-12(9-16)21-11-6-10(2)20-14(17)7-11/h4-7,12H,3,8-9H2,1-2H3. The zero-order valence-electron chi connectivity index (χ0n) is 12.8. The molecule has 1 saturated heterocycles. The summed E-state index contributed by atoms with van der Waals surface area (Å²) < 4.78 is 37.2. The Bertz CT molecular complexity index is 862. The van der Waals surface area contributed by atoms with Crippen LogP contribution in [0.1, 0.15) is 17.6 Å². The van der Waals surface area contributed by atoms with Gasteiger partial charge in [-0.15, -0.1) is 11.3 Å². The second kappa shape index (κ2) is 6.10. The predicted octanol–water partition coefficient (Wildman–Crippen LogP) is 2.02. The molecular formula is C15H17NO5S2. The van der Waals surface area contributed by atoms with Gasteiger partial charge in [0.25, 0.3) is 10.0 Å². The van der Waals surface area contributed by atoms with Crippen molar-refractivity contribution in [1.82, 2.24) is 4.31 Å². The maximum atomic E-state index is 12.5. The fourth-order valence-corrected chi connectivity index (χ4v) is 5.27. The third kappa shape index (κ3) is 3.34. The van der Waals surface area contributed by atoms with Gasteiger partial charge in [-0.1, -0.05) is 6.92 Å². The minimum Gasteiger partial charge on any atom is -0.487 e. The number of thiophene rings is 1. The summed E-state index contributed by atoms with van der Waals surface area (Å²) in [5.41, 5.74) is -0.477. The summed E-state index contributed by atoms with van der Waals surface area (Å²) in [6.07, 6.45) is 0.568. The molecule has 0 atom stereocenters. The molecule has 0 spiro atoms. The summed E-state index contributed by atoms with van der Waals surface area (Å²) in [6, 6.07) is 6.37. The molecule has 1 aliphatic rings. The molecule has 0 N–H and O–H groups in total. The summed E-state index contributed by atoms with van der Waals surface area (Å²) >= 11 is 1.30. The summed E-state index contributed by atoms with van der Waals surface area (Å²) in [7, 11) is -3.44. The molecule has 23 heavy (non-hydrogen) atoms. The highest BCUT2D eigenvalue weighted by atomic mass is 32.2. The molecule has 3 rings (SSSR count). The lowest BCUT2D eigenvalue weighted by Gasteiger charge is -2.37. The first-order valence-electron chi connectivity index (χ1n) is 7.26. The quantitative estimate of drug-likeness (QED) is 0.820. The molecule has 2 aromatic heterocycles. The van der Waals surface area contributed by atoms with Gasteiger partial charge in [-0.2, -0.15) is 4.31 Å². The molecule has 0 saturated carbocycles. The molecular weight excluding hydrogens is 338 g/mol. The van der Waals surface area contributed by atoms with E-state index >= 15 is 0 Å². The second-order valence-corrected chi connectivity index (χ2v) is 8.69. The zero-order chi connectivity index (χ0) is 16.6. The van der Waals surface area contributed by atoms with E-state index in [-0.39, 0.29) is 19.2 Å². The van der Waals surface area contributed by atoms with Gasteiger partial charge in [0.2, 0.25) is 0 Å². The van der Waals surface area contributed by atoms with Gasteiger partial charge in [0.05, 0.1) is 19.2 Å². The molecule has 3 heterocycles. The van der Waals surface area contributed by atoms with Crippen LogP contribution in [0.3, 0.4) is 0 Å². The van der Waals surface area contributed by atoms with Crippen molar-refractivity contribution in [1.29, 1.82) is 0 Å². The van der Waals surface area contributed by atoms with E-state index in [1.165, 1.54) is 21.7 Å². The van der Waals surface area contributed by atoms with Crippen LogP contribution in [0.2, 0.25) is 0 Å². The van der Waals surface area contributed by atoms with E-state index in [9.17, 15) is 13.2 Å². The minimum absolute atomic E-state index is 0.253. The van der Waals surface area contributed by atoms with E-state index in [2.05, 4.69) is 0 Å². The van der Waals surface area contributed by atoms with Crippen molar-refractivity contribution >= 4 is 21.4 Å². The number of nitrogens with zero attached hydrogens (tertiary/aromatic N) is 1. The first-order chi connectivity index (χ1) is 10.9. The van der Waals surface area contributed by atoms with Crippen LogP contribution in [-0.4, -0.2) is 31.9 Å². The van der Waals surface area contributed by atoms with Crippen molar-refractivity contribution in [3.05, 3.63) is 45.3 Å². The van der Waals surface area contributed by atoms with Crippen LogP contribution < -0.4 is 10.4 Å². The molecule has 6 nitrogen and oxygen atoms in total. The van der Waals surface area contributed by atoms with E-state index in [0.29, 0.717) is 15.7 Å². The Labute approximate surface area is 138 Å². The smallest absolute Gasteiger partial charge is 0.339 e. The molecule has 1 fully saturated rings. The van der Waals surface area contributed by atoms with E-state index < -0.39 is 15.6 Å². The summed E-state index contributed by atoms with van der Waals surface area (Å²) in [5, 5.41) is 0. The van der Waals surface area contributed by atoms with Crippen molar-refractivity contribution in [3.63, 3.8) is 0 Å². The maximum absolute atomic E-state index is 12.5. The Hall–Kier alpha value is -1.64. The summed E-state index contributed by atoms with van der Waals surface area (Å²) in [4.78, 5) is 12.3. The molecule has 2 aromatic rings. The Morgan fingerprint density at radius 3 is 2.70 bits per heavy atom. The van der Waals surface area contributed by atoms with Crippen LogP contribution in [0, 0.1) is 6.92 Å². The van der Waals surface area contributed by atoms with Gasteiger partial charge in [0.1, 0.15) is 21.8 Å². The van der Waals surface area contributed by atoms with Crippen molar-refractivity contribution in [2.45, 2.75) is 30.6 Å². The van der Waals surface area contributed by atoms with Crippen molar-refractivity contribution in [3.8, 4) is 5.75 Å². The van der Waals surface area contributed by atoms with Crippen molar-refractivity contribution in [2.24, 2.45) is 0 Å². The van der Waals surface area contributed by atoms with E-state index in [4.69, 9.17) is 9.15 Å². The highest BCUT2D eigenvalue weighted by Crippen LogP contribution is 2.29. The van der Waals surface area contributed by atoms with Crippen molar-refractivity contribution in [2.75, 3.05) is 13.1 Å². The summed E-state index contributed by atoms with van der Waals surface area (Å²) in [5.74, 6) is 0.868. The van der Waals surface area contributed by atoms with Crippen LogP contribution in [0.25, 0.3) is 0 Å². The van der Waals surface area contributed by atoms with Crippen LogP contribution in [0.4, 0.5) is 0 Å². The van der Waals surface area contributed by atoms with Crippen molar-refractivity contribution < 1.29 is 17.6 Å². The second-order valence-electron chi connectivity index (χ2n) is 5.36. The number of sulfonamides is 1. The van der Waals surface area contributed by atoms with Gasteiger partial charge in [-0.05, 0) is 25.5 Å². The molecule has 8 heteroatoms. The highest BCUT2D eigenvalue weighted by Gasteiger charge is 2.38. The van der Waals surface area contributed by atoms with Gasteiger partial charge < -0.3 is 9.15 Å². The van der Waals surface area contributed by atoms with Crippen LogP contribution in [-0.2, 0) is 16.4 Å². The largest absolute Gasteiger partial charge is 0.487 e.